The zero-order chi connectivity index (χ0) is 47.3. The van der Waals surface area contributed by atoms with Gasteiger partial charge in [-0.25, -0.2) is 4.39 Å². The van der Waals surface area contributed by atoms with E-state index in [4.69, 9.17) is 0 Å². The molecule has 4 aliphatic heterocycles. The molecule has 376 valence electrons. The Kier molecular flexibility index (Phi) is 19.8. The fraction of sp³-hybridized carbons (Fsp3) is 1.00. The van der Waals surface area contributed by atoms with Crippen molar-refractivity contribution in [3.63, 3.8) is 0 Å². The molecule has 0 aromatic carbocycles. The first-order chi connectivity index (χ1) is 30.0. The molecule has 0 amide bonds. The van der Waals surface area contributed by atoms with Crippen LogP contribution in [0.5, 0.6) is 0 Å². The third-order valence-electron chi connectivity index (χ3n) is 21.4. The maximum Gasteiger partial charge on any atom is 0.123 e. The molecule has 0 radical (unpaired) electrons. The largest absolute Gasteiger partial charge is 0.303 e. The summed E-state index contributed by atoms with van der Waals surface area (Å²) in [6.45, 7) is 51.0. The minimum absolute atomic E-state index is 0.490. The van der Waals surface area contributed by atoms with Crippen LogP contribution >= 0.6 is 0 Å². The molecule has 0 atom stereocenters. The molecule has 4 aliphatic carbocycles. The molecule has 0 unspecified atom stereocenters. The van der Waals surface area contributed by atoms with E-state index < -0.39 is 5.67 Å². The quantitative estimate of drug-likeness (QED) is 0.172. The van der Waals surface area contributed by atoms with Crippen LogP contribution in [-0.4, -0.2) is 103 Å². The molecule has 4 heterocycles. The van der Waals surface area contributed by atoms with Crippen LogP contribution in [0.3, 0.4) is 0 Å². The Balaban J connectivity index is 0.000000161. The molecule has 4 saturated heterocycles. The van der Waals surface area contributed by atoms with Crippen molar-refractivity contribution >= 4 is 0 Å². The Morgan fingerprint density at radius 2 is 0.641 bits per heavy atom. The van der Waals surface area contributed by atoms with Crippen LogP contribution in [0.25, 0.3) is 0 Å². The average molecular weight is 898 g/mol. The fourth-order valence-electron chi connectivity index (χ4n) is 14.7. The van der Waals surface area contributed by atoms with E-state index in [0.29, 0.717) is 28.2 Å². The van der Waals surface area contributed by atoms with Crippen molar-refractivity contribution < 1.29 is 4.39 Å². The molecule has 64 heavy (non-hydrogen) atoms. The molecule has 0 spiro atoms. The Morgan fingerprint density at radius 1 is 0.359 bits per heavy atom. The summed E-state index contributed by atoms with van der Waals surface area (Å²) >= 11 is 0. The zero-order valence-corrected chi connectivity index (χ0v) is 46.1. The Morgan fingerprint density at radius 3 is 0.875 bits per heavy atom. The number of hydrogen-bond acceptors (Lipinski definition) is 4. The van der Waals surface area contributed by atoms with Crippen molar-refractivity contribution in [2.45, 2.75) is 238 Å². The first-order valence-electron chi connectivity index (χ1n) is 28.7. The minimum Gasteiger partial charge on any atom is -0.303 e. The van der Waals surface area contributed by atoms with Gasteiger partial charge in [-0.2, -0.15) is 0 Å². The lowest BCUT2D eigenvalue weighted by Crippen LogP contribution is -2.50. The summed E-state index contributed by atoms with van der Waals surface area (Å²) in [5.41, 5.74) is 1.56. The first-order valence-corrected chi connectivity index (χ1v) is 28.7. The van der Waals surface area contributed by atoms with Gasteiger partial charge in [0.05, 0.1) is 0 Å². The number of alkyl halides is 1. The Hall–Kier alpha value is -0.230. The molecular weight excluding hydrogens is 784 g/mol. The maximum absolute atomic E-state index is 13.8. The molecule has 0 aromatic rings. The Bertz CT molecular complexity index is 1280. The molecule has 8 rings (SSSR count). The predicted octanol–water partition coefficient (Wildman–Crippen LogP) is 15.1. The van der Waals surface area contributed by atoms with Gasteiger partial charge in [0.2, 0.25) is 0 Å². The van der Waals surface area contributed by atoms with Crippen molar-refractivity contribution in [1.82, 2.24) is 19.6 Å². The Labute approximate surface area is 400 Å². The van der Waals surface area contributed by atoms with Gasteiger partial charge in [0.1, 0.15) is 5.67 Å². The highest BCUT2D eigenvalue weighted by Crippen LogP contribution is 2.50. The lowest BCUT2D eigenvalue weighted by Gasteiger charge is -2.50. The molecule has 4 saturated carbocycles. The second kappa shape index (κ2) is 23.1. The lowest BCUT2D eigenvalue weighted by molar-refractivity contribution is -0.0102. The minimum atomic E-state index is -0.810. The summed E-state index contributed by atoms with van der Waals surface area (Å²) in [6.07, 6.45) is 23.0. The molecule has 4 nitrogen and oxygen atoms in total. The van der Waals surface area contributed by atoms with Crippen LogP contribution in [-0.2, 0) is 0 Å². The van der Waals surface area contributed by atoms with Crippen LogP contribution in [0.15, 0.2) is 0 Å². The topological polar surface area (TPSA) is 13.0 Å². The second-order valence-electron chi connectivity index (χ2n) is 26.7. The predicted molar refractivity (Wildman–Crippen MR) is 278 cm³/mol. The third kappa shape index (κ3) is 13.5. The molecule has 5 heteroatoms. The monoisotopic (exact) mass is 897 g/mol. The number of nitrogens with zero attached hydrogens (tertiary/aromatic N) is 4. The van der Waals surface area contributed by atoms with Gasteiger partial charge < -0.3 is 19.6 Å². The summed E-state index contributed by atoms with van der Waals surface area (Å²) < 4.78 is 13.8. The van der Waals surface area contributed by atoms with Gasteiger partial charge in [0.25, 0.3) is 0 Å². The van der Waals surface area contributed by atoms with E-state index in [0.717, 1.165) is 91.3 Å². The van der Waals surface area contributed by atoms with Crippen LogP contribution in [0, 0.1) is 74.9 Å². The normalized spacial score (nSPS) is 27.3. The molecule has 8 fully saturated rings. The van der Waals surface area contributed by atoms with E-state index in [1.807, 2.05) is 0 Å². The molecular formula is C59H113FN4. The summed E-state index contributed by atoms with van der Waals surface area (Å²) in [5, 5.41) is 0. The van der Waals surface area contributed by atoms with E-state index >= 15 is 0 Å². The van der Waals surface area contributed by atoms with E-state index in [-0.39, 0.29) is 0 Å². The number of likely N-dealkylation sites (tertiary alicyclic amines) is 4. The summed E-state index contributed by atoms with van der Waals surface area (Å²) in [5.74, 6) is 7.61. The first kappa shape index (κ1) is 54.7. The SMILES string of the molecule is CC(C)C1(C(C)C)CCN(C2CC2)CC1.CC(C)C1(C(C)C)CCN(C2CCC2)CC1.CC(C)C1(C(C)C)CCN(CC2(F)CC2)CC1.CC(C)C1(C(C)C)CCN(CC2CC2)CC1. The molecule has 0 aromatic heterocycles. The highest BCUT2D eigenvalue weighted by atomic mass is 19.1. The highest BCUT2D eigenvalue weighted by molar-refractivity contribution is 5.00. The van der Waals surface area contributed by atoms with Crippen molar-refractivity contribution in [1.29, 1.82) is 0 Å². The highest BCUT2D eigenvalue weighted by Gasteiger charge is 2.48. The van der Waals surface area contributed by atoms with Crippen LogP contribution in [0.4, 0.5) is 4.39 Å². The van der Waals surface area contributed by atoms with Crippen LogP contribution in [0.2, 0.25) is 0 Å². The van der Waals surface area contributed by atoms with Crippen molar-refractivity contribution in [3.8, 4) is 0 Å². The van der Waals surface area contributed by atoms with Gasteiger partial charge in [-0.05, 0) is 230 Å². The van der Waals surface area contributed by atoms with E-state index in [2.05, 4.69) is 130 Å². The summed E-state index contributed by atoms with van der Waals surface area (Å²) in [6, 6.07) is 1.93. The second-order valence-corrected chi connectivity index (χ2v) is 26.7. The smallest absolute Gasteiger partial charge is 0.123 e. The molecule has 0 bridgehead atoms. The maximum atomic E-state index is 13.8. The van der Waals surface area contributed by atoms with Crippen molar-refractivity contribution in [3.05, 3.63) is 0 Å². The fourth-order valence-corrected chi connectivity index (χ4v) is 14.7. The van der Waals surface area contributed by atoms with Gasteiger partial charge in [0, 0.05) is 25.2 Å². The lowest BCUT2D eigenvalue weighted by atomic mass is 9.63. The van der Waals surface area contributed by atoms with Gasteiger partial charge in [0.15, 0.2) is 0 Å². The van der Waals surface area contributed by atoms with E-state index in [9.17, 15) is 4.39 Å². The van der Waals surface area contributed by atoms with Gasteiger partial charge >= 0.3 is 0 Å². The standard InChI is InChI=1S/C15H28FN.2C15H29N.C14H27N/c1-12(2)15(13(3)4)7-9-17(10-8-15)11-14(16)5-6-14;1-12(2)15(13(3)4)7-9-16(10-8-15)11-14-5-6-14;1-12(2)15(13(3)4)8-10-16(11-9-15)14-6-5-7-14;1-11(2)14(12(3)4)7-9-15(10-8-14)13-5-6-13/h12-13H,5-11H2,1-4H3;2*12-14H,5-11H2,1-4H3;11-13H,5-10H2,1-4H3. The zero-order valence-electron chi connectivity index (χ0n) is 46.1. The number of hydrogen-bond donors (Lipinski definition) is 0. The average Bonchev–Trinajstić information content (AvgIpc) is 4.10. The van der Waals surface area contributed by atoms with Gasteiger partial charge in [-0.1, -0.05) is 117 Å². The van der Waals surface area contributed by atoms with Crippen molar-refractivity contribution in [2.75, 3.05) is 65.4 Å². The molecule has 0 N–H and O–H groups in total. The summed E-state index contributed by atoms with van der Waals surface area (Å²) in [4.78, 5) is 10.6. The van der Waals surface area contributed by atoms with Crippen molar-refractivity contribution in [2.24, 2.45) is 74.9 Å². The van der Waals surface area contributed by atoms with Gasteiger partial charge in [-0.15, -0.1) is 0 Å². The van der Waals surface area contributed by atoms with E-state index in [1.165, 1.54) is 142 Å². The number of halogens is 1. The number of piperidine rings is 4. The van der Waals surface area contributed by atoms with Crippen LogP contribution < -0.4 is 0 Å². The van der Waals surface area contributed by atoms with Crippen LogP contribution in [0.1, 0.15) is 220 Å². The number of rotatable bonds is 14. The molecule has 8 aliphatic rings. The summed E-state index contributed by atoms with van der Waals surface area (Å²) in [7, 11) is 0. The van der Waals surface area contributed by atoms with E-state index in [1.54, 1.807) is 0 Å². The van der Waals surface area contributed by atoms with Gasteiger partial charge in [-0.3, -0.25) is 0 Å². The third-order valence-corrected chi connectivity index (χ3v) is 21.4.